The van der Waals surface area contributed by atoms with Gasteiger partial charge in [0.25, 0.3) is 5.56 Å². The quantitative estimate of drug-likeness (QED) is 0.866. The summed E-state index contributed by atoms with van der Waals surface area (Å²) in [6.07, 6.45) is 4.01. The summed E-state index contributed by atoms with van der Waals surface area (Å²) in [7, 11) is 3.95. The van der Waals surface area contributed by atoms with Crippen LogP contribution in [0.1, 0.15) is 32.0 Å². The van der Waals surface area contributed by atoms with Gasteiger partial charge in [0.05, 0.1) is 17.4 Å². The van der Waals surface area contributed by atoms with E-state index in [0.717, 1.165) is 17.3 Å². The summed E-state index contributed by atoms with van der Waals surface area (Å²) in [5, 5.41) is 0.693. The second-order valence-corrected chi connectivity index (χ2v) is 6.26. The van der Waals surface area contributed by atoms with Crippen LogP contribution in [0.2, 0.25) is 0 Å². The molecule has 4 nitrogen and oxygen atoms in total. The summed E-state index contributed by atoms with van der Waals surface area (Å²) < 4.78 is 1.69. The Labute approximate surface area is 125 Å². The maximum absolute atomic E-state index is 12.4. The minimum Gasteiger partial charge on any atom is -0.298 e. The summed E-state index contributed by atoms with van der Waals surface area (Å²) >= 11 is 0. The highest BCUT2D eigenvalue weighted by Crippen LogP contribution is 2.31. The van der Waals surface area contributed by atoms with Crippen LogP contribution in [-0.4, -0.2) is 27.5 Å². The first kappa shape index (κ1) is 14.3. The number of fused-ring (bicyclic) bond motifs is 1. The minimum atomic E-state index is 0.0419. The number of aromatic nitrogens is 2. The van der Waals surface area contributed by atoms with E-state index in [1.807, 2.05) is 31.3 Å². The topological polar surface area (TPSA) is 38.1 Å². The first-order valence-electron chi connectivity index (χ1n) is 7.73. The first-order chi connectivity index (χ1) is 10.1. The zero-order chi connectivity index (χ0) is 15.0. The van der Waals surface area contributed by atoms with E-state index in [1.54, 1.807) is 4.57 Å². The molecule has 4 heteroatoms. The average molecular weight is 285 g/mol. The molecule has 0 amide bonds. The Morgan fingerprint density at radius 1 is 1.38 bits per heavy atom. The fourth-order valence-corrected chi connectivity index (χ4v) is 3.05. The molecule has 21 heavy (non-hydrogen) atoms. The van der Waals surface area contributed by atoms with E-state index in [9.17, 15) is 4.79 Å². The average Bonchev–Trinajstić information content (AvgIpc) is 2.42. The smallest absolute Gasteiger partial charge is 0.261 e. The van der Waals surface area contributed by atoms with Gasteiger partial charge in [0.2, 0.25) is 0 Å². The molecule has 1 saturated carbocycles. The molecule has 2 aromatic rings. The fraction of sp³-hybridized carbons (Fsp3) is 0.529. The van der Waals surface area contributed by atoms with Crippen LogP contribution < -0.4 is 5.56 Å². The second kappa shape index (κ2) is 5.60. The predicted octanol–water partition coefficient (Wildman–Crippen LogP) is 2.55. The molecule has 1 atom stereocenters. The van der Waals surface area contributed by atoms with Crippen LogP contribution in [0.5, 0.6) is 0 Å². The third-order valence-corrected chi connectivity index (χ3v) is 4.99. The van der Waals surface area contributed by atoms with Crippen LogP contribution in [0.25, 0.3) is 10.9 Å². The van der Waals surface area contributed by atoms with Gasteiger partial charge >= 0.3 is 0 Å². The van der Waals surface area contributed by atoms with Gasteiger partial charge < -0.3 is 0 Å². The van der Waals surface area contributed by atoms with Crippen molar-refractivity contribution in [2.24, 2.45) is 13.0 Å². The molecule has 1 heterocycles. The maximum atomic E-state index is 12.4. The highest BCUT2D eigenvalue weighted by molar-refractivity contribution is 5.77. The third kappa shape index (κ3) is 2.60. The number of hydrogen-bond acceptors (Lipinski definition) is 3. The molecule has 0 unspecified atom stereocenters. The molecule has 112 valence electrons. The van der Waals surface area contributed by atoms with Crippen LogP contribution in [0, 0.1) is 5.92 Å². The van der Waals surface area contributed by atoms with Crippen molar-refractivity contribution in [3.63, 3.8) is 0 Å². The van der Waals surface area contributed by atoms with E-state index in [2.05, 4.69) is 23.9 Å². The lowest BCUT2D eigenvalue weighted by Crippen LogP contribution is -2.39. The molecule has 0 spiro atoms. The summed E-state index contributed by atoms with van der Waals surface area (Å²) in [4.78, 5) is 19.4. The predicted molar refractivity (Wildman–Crippen MR) is 85.3 cm³/mol. The Kier molecular flexibility index (Phi) is 3.81. The van der Waals surface area contributed by atoms with Crippen LogP contribution in [-0.2, 0) is 13.6 Å². The highest BCUT2D eigenvalue weighted by Gasteiger charge is 2.27. The molecule has 3 rings (SSSR count). The molecule has 0 N–H and O–H groups in total. The number of benzene rings is 1. The van der Waals surface area contributed by atoms with Gasteiger partial charge in [-0.25, -0.2) is 4.98 Å². The van der Waals surface area contributed by atoms with Gasteiger partial charge in [-0.1, -0.05) is 18.6 Å². The Morgan fingerprint density at radius 3 is 2.76 bits per heavy atom. The fourth-order valence-electron chi connectivity index (χ4n) is 3.05. The molecule has 0 radical (unpaired) electrons. The zero-order valence-corrected chi connectivity index (χ0v) is 13.0. The molecule has 1 aromatic carbocycles. The van der Waals surface area contributed by atoms with Crippen LogP contribution in [0.15, 0.2) is 29.1 Å². The Hall–Kier alpha value is -1.68. The van der Waals surface area contributed by atoms with E-state index >= 15 is 0 Å². The van der Waals surface area contributed by atoms with Gasteiger partial charge in [-0.2, -0.15) is 0 Å². The van der Waals surface area contributed by atoms with Crippen molar-refractivity contribution in [2.45, 2.75) is 38.8 Å². The Morgan fingerprint density at radius 2 is 2.10 bits per heavy atom. The molecule has 1 aliphatic rings. The zero-order valence-electron chi connectivity index (χ0n) is 13.0. The third-order valence-electron chi connectivity index (χ3n) is 4.99. The van der Waals surface area contributed by atoms with Crippen molar-refractivity contribution < 1.29 is 0 Å². The summed E-state index contributed by atoms with van der Waals surface area (Å²) in [6.45, 7) is 3.00. The molecule has 1 fully saturated rings. The van der Waals surface area contributed by atoms with Crippen LogP contribution in [0.3, 0.4) is 0 Å². The molecule has 1 aromatic heterocycles. The van der Waals surface area contributed by atoms with Crippen molar-refractivity contribution in [2.75, 3.05) is 7.05 Å². The van der Waals surface area contributed by atoms with Gasteiger partial charge in [-0.05, 0) is 44.9 Å². The van der Waals surface area contributed by atoms with E-state index in [1.165, 1.54) is 19.3 Å². The lowest BCUT2D eigenvalue weighted by Gasteiger charge is -2.37. The number of nitrogens with zero attached hydrogens (tertiary/aromatic N) is 3. The molecule has 0 bridgehead atoms. The normalized spacial score (nSPS) is 17.1. The van der Waals surface area contributed by atoms with Gasteiger partial charge in [-0.3, -0.25) is 14.3 Å². The highest BCUT2D eigenvalue weighted by atomic mass is 16.1. The van der Waals surface area contributed by atoms with E-state index in [-0.39, 0.29) is 5.56 Å². The molecule has 0 aliphatic heterocycles. The molecular formula is C17H23N3O. The summed E-state index contributed by atoms with van der Waals surface area (Å²) in [6, 6.07) is 8.11. The van der Waals surface area contributed by atoms with Crippen molar-refractivity contribution in [1.82, 2.24) is 14.5 Å². The Bertz CT molecular complexity index is 703. The molecule has 0 saturated heterocycles. The molecular weight excluding hydrogens is 262 g/mol. The van der Waals surface area contributed by atoms with Crippen LogP contribution in [0.4, 0.5) is 0 Å². The van der Waals surface area contributed by atoms with Crippen molar-refractivity contribution >= 4 is 10.9 Å². The monoisotopic (exact) mass is 285 g/mol. The van der Waals surface area contributed by atoms with Gasteiger partial charge in [0.1, 0.15) is 5.82 Å². The first-order valence-corrected chi connectivity index (χ1v) is 7.73. The largest absolute Gasteiger partial charge is 0.298 e. The molecule has 1 aliphatic carbocycles. The SMILES string of the molecule is C[C@@H](C1CCC1)N(C)Cc1nc2ccccc2c(=O)n1C. The van der Waals surface area contributed by atoms with Gasteiger partial charge in [0, 0.05) is 13.1 Å². The second-order valence-electron chi connectivity index (χ2n) is 6.26. The number of rotatable bonds is 4. The lowest BCUT2D eigenvalue weighted by molar-refractivity contribution is 0.123. The van der Waals surface area contributed by atoms with E-state index in [4.69, 9.17) is 0 Å². The number of hydrogen-bond donors (Lipinski definition) is 0. The Balaban J connectivity index is 1.89. The van der Waals surface area contributed by atoms with Gasteiger partial charge in [0.15, 0.2) is 0 Å². The lowest BCUT2D eigenvalue weighted by atomic mass is 9.80. The van der Waals surface area contributed by atoms with Crippen LogP contribution >= 0.6 is 0 Å². The number of para-hydroxylation sites is 1. The van der Waals surface area contributed by atoms with Crippen molar-refractivity contribution in [3.8, 4) is 0 Å². The minimum absolute atomic E-state index is 0.0419. The maximum Gasteiger partial charge on any atom is 0.261 e. The summed E-state index contributed by atoms with van der Waals surface area (Å²) in [5.41, 5.74) is 0.834. The standard InChI is InChI=1S/C17H23N3O/c1-12(13-7-6-8-13)19(2)11-16-18-15-10-5-4-9-14(15)17(21)20(16)3/h4-5,9-10,12-13H,6-8,11H2,1-3H3/t12-/m0/s1. The van der Waals surface area contributed by atoms with E-state index in [0.29, 0.717) is 18.0 Å². The van der Waals surface area contributed by atoms with Crippen molar-refractivity contribution in [3.05, 3.63) is 40.4 Å². The van der Waals surface area contributed by atoms with Gasteiger partial charge in [-0.15, -0.1) is 0 Å². The summed E-state index contributed by atoms with van der Waals surface area (Å²) in [5.74, 6) is 1.64. The van der Waals surface area contributed by atoms with Crippen molar-refractivity contribution in [1.29, 1.82) is 0 Å². The van der Waals surface area contributed by atoms with E-state index < -0.39 is 0 Å².